The van der Waals surface area contributed by atoms with E-state index < -0.39 is 24.3 Å². The number of halogens is 2. The van der Waals surface area contributed by atoms with E-state index in [1.54, 1.807) is 56.3 Å². The molecule has 0 radical (unpaired) electrons. The van der Waals surface area contributed by atoms with Crippen LogP contribution in [0.15, 0.2) is 75.4 Å². The molecule has 1 heterocycles. The van der Waals surface area contributed by atoms with Crippen LogP contribution in [-0.2, 0) is 16.1 Å². The van der Waals surface area contributed by atoms with Crippen LogP contribution < -0.4 is 35.0 Å². The van der Waals surface area contributed by atoms with Crippen LogP contribution in [0.1, 0.15) is 36.6 Å². The van der Waals surface area contributed by atoms with Crippen molar-refractivity contribution in [3.8, 4) is 23.0 Å². The van der Waals surface area contributed by atoms with Gasteiger partial charge in [-0.2, -0.15) is 5.10 Å². The maximum atomic E-state index is 13.2. The number of methoxy groups -OCH3 is 2. The average molecular weight is 702 g/mol. The molecule has 0 saturated carbocycles. The van der Waals surface area contributed by atoms with E-state index in [1.165, 1.54) is 32.6 Å². The molecule has 244 valence electrons. The van der Waals surface area contributed by atoms with Crippen LogP contribution in [-0.4, -0.2) is 57.0 Å². The first kappa shape index (κ1) is 34.1. The highest BCUT2D eigenvalue weighted by molar-refractivity contribution is 9.10. The number of amides is 2. The number of aliphatic hydroxyl groups excluding tert-OH is 1. The SMILES string of the molecule is CCOc1cc([C@H]2NC(=O)NC(C)=C2C(=O)OC)ccc1OC[C@@H](O)N/N=C\c1cc(OC)c(OCc2ccc(F)cc2)cc1Br. The maximum absolute atomic E-state index is 13.2. The fourth-order valence-corrected chi connectivity index (χ4v) is 4.90. The van der Waals surface area contributed by atoms with Crippen molar-refractivity contribution in [3.63, 3.8) is 0 Å². The number of esters is 1. The summed E-state index contributed by atoms with van der Waals surface area (Å²) in [6.45, 7) is 3.77. The van der Waals surface area contributed by atoms with Crippen molar-refractivity contribution in [2.75, 3.05) is 27.4 Å². The van der Waals surface area contributed by atoms with E-state index in [9.17, 15) is 19.1 Å². The Bertz CT molecular complexity index is 1620. The van der Waals surface area contributed by atoms with Crippen LogP contribution in [0.5, 0.6) is 23.0 Å². The zero-order valence-corrected chi connectivity index (χ0v) is 27.1. The van der Waals surface area contributed by atoms with Crippen LogP contribution in [0, 0.1) is 5.82 Å². The summed E-state index contributed by atoms with van der Waals surface area (Å²) in [6, 6.07) is 13.2. The molecule has 0 fully saturated rings. The number of hydrazone groups is 1. The predicted molar refractivity (Wildman–Crippen MR) is 170 cm³/mol. The molecule has 0 bridgehead atoms. The van der Waals surface area contributed by atoms with Crippen LogP contribution >= 0.6 is 15.9 Å². The van der Waals surface area contributed by atoms with E-state index in [1.807, 2.05) is 0 Å². The first-order chi connectivity index (χ1) is 22.1. The molecule has 2 amide bonds. The highest BCUT2D eigenvalue weighted by Gasteiger charge is 2.32. The minimum Gasteiger partial charge on any atom is -0.493 e. The lowest BCUT2D eigenvalue weighted by atomic mass is 9.95. The van der Waals surface area contributed by atoms with Crippen molar-refractivity contribution in [3.05, 3.63) is 92.8 Å². The van der Waals surface area contributed by atoms with Gasteiger partial charge in [0.25, 0.3) is 0 Å². The molecule has 12 nitrogen and oxygen atoms in total. The molecule has 1 aliphatic rings. The van der Waals surface area contributed by atoms with Gasteiger partial charge in [0.15, 0.2) is 29.2 Å². The van der Waals surface area contributed by atoms with Gasteiger partial charge in [-0.05, 0) is 77.3 Å². The number of rotatable bonds is 14. The lowest BCUT2D eigenvalue weighted by Crippen LogP contribution is -2.45. The van der Waals surface area contributed by atoms with Crippen LogP contribution in [0.25, 0.3) is 0 Å². The van der Waals surface area contributed by atoms with Crippen molar-refractivity contribution < 1.29 is 42.8 Å². The number of hydrogen-bond donors (Lipinski definition) is 4. The van der Waals surface area contributed by atoms with E-state index in [4.69, 9.17) is 23.7 Å². The smallest absolute Gasteiger partial charge is 0.337 e. The van der Waals surface area contributed by atoms with Crippen molar-refractivity contribution in [1.82, 2.24) is 16.1 Å². The first-order valence-electron chi connectivity index (χ1n) is 14.1. The Kier molecular flexibility index (Phi) is 11.8. The van der Waals surface area contributed by atoms with Gasteiger partial charge in [-0.15, -0.1) is 0 Å². The lowest BCUT2D eigenvalue weighted by Gasteiger charge is -2.28. The van der Waals surface area contributed by atoms with Crippen molar-refractivity contribution in [1.29, 1.82) is 0 Å². The fraction of sp³-hybridized carbons (Fsp3) is 0.281. The molecule has 14 heteroatoms. The van der Waals surface area contributed by atoms with Crippen molar-refractivity contribution in [2.24, 2.45) is 5.10 Å². The highest BCUT2D eigenvalue weighted by atomic mass is 79.9. The van der Waals surface area contributed by atoms with Gasteiger partial charge in [0.05, 0.1) is 38.7 Å². The second-order valence-electron chi connectivity index (χ2n) is 9.85. The van der Waals surface area contributed by atoms with E-state index in [0.717, 1.165) is 5.56 Å². The number of aliphatic hydroxyl groups is 1. The maximum Gasteiger partial charge on any atom is 0.337 e. The largest absolute Gasteiger partial charge is 0.493 e. The van der Waals surface area contributed by atoms with Crippen molar-refractivity contribution >= 4 is 34.1 Å². The number of nitrogens with one attached hydrogen (secondary N) is 3. The number of benzene rings is 3. The van der Waals surface area contributed by atoms with Gasteiger partial charge in [-0.25, -0.2) is 14.0 Å². The standard InChI is InChI=1S/C32H34BrFN4O8/c1-5-44-26-12-20(30-29(31(40)43-4)18(2)36-32(41)37-30)8-11-24(26)46-17-28(39)38-35-15-21-13-25(42-3)27(14-23(21)33)45-16-19-6-9-22(34)10-7-19/h6-15,28,30,38-39H,5,16-17H2,1-4H3,(H2,36,37,41)/b35-15-/t28-,30-/m1/s1. The summed E-state index contributed by atoms with van der Waals surface area (Å²) in [5.74, 6) is 0.707. The Morgan fingerprint density at radius 3 is 2.50 bits per heavy atom. The number of nitrogens with zero attached hydrogens (tertiary/aromatic N) is 1. The van der Waals surface area contributed by atoms with Crippen LogP contribution in [0.3, 0.4) is 0 Å². The summed E-state index contributed by atoms with van der Waals surface area (Å²) in [5, 5.41) is 19.9. The molecule has 0 unspecified atom stereocenters. The summed E-state index contributed by atoms with van der Waals surface area (Å²) in [7, 11) is 2.78. The summed E-state index contributed by atoms with van der Waals surface area (Å²) >= 11 is 3.49. The highest BCUT2D eigenvalue weighted by Crippen LogP contribution is 2.35. The van der Waals surface area contributed by atoms with Gasteiger partial charge in [0.2, 0.25) is 0 Å². The molecule has 0 aromatic heterocycles. The summed E-state index contributed by atoms with van der Waals surface area (Å²) in [5.41, 5.74) is 5.25. The Labute approximate surface area is 273 Å². The van der Waals surface area contributed by atoms with Gasteiger partial charge >= 0.3 is 12.0 Å². The molecule has 0 spiro atoms. The zero-order valence-electron chi connectivity index (χ0n) is 25.6. The third kappa shape index (κ3) is 8.67. The van der Waals surface area contributed by atoms with Gasteiger partial charge in [0.1, 0.15) is 19.0 Å². The number of ether oxygens (including phenoxy) is 5. The monoisotopic (exact) mass is 700 g/mol. The molecule has 3 aromatic carbocycles. The lowest BCUT2D eigenvalue weighted by molar-refractivity contribution is -0.136. The predicted octanol–water partition coefficient (Wildman–Crippen LogP) is 4.70. The topological polar surface area (TPSA) is 149 Å². The Hall–Kier alpha value is -4.82. The van der Waals surface area contributed by atoms with Gasteiger partial charge in [0, 0.05) is 15.7 Å². The molecular formula is C32H34BrFN4O8. The fourth-order valence-electron chi connectivity index (χ4n) is 4.48. The Morgan fingerprint density at radius 1 is 1.07 bits per heavy atom. The van der Waals surface area contributed by atoms with E-state index in [-0.39, 0.29) is 24.6 Å². The van der Waals surface area contributed by atoms with Gasteiger partial charge in [-0.1, -0.05) is 18.2 Å². The number of allylic oxidation sites excluding steroid dienone is 1. The van der Waals surface area contributed by atoms with Gasteiger partial charge in [-0.3, -0.25) is 5.43 Å². The van der Waals surface area contributed by atoms with E-state index >= 15 is 0 Å². The zero-order chi connectivity index (χ0) is 33.2. The second kappa shape index (κ2) is 16.0. The third-order valence-electron chi connectivity index (χ3n) is 6.69. The Morgan fingerprint density at radius 2 is 1.80 bits per heavy atom. The molecule has 0 saturated heterocycles. The normalized spacial score (nSPS) is 15.1. The average Bonchev–Trinajstić information content (AvgIpc) is 3.04. The molecule has 1 aliphatic heterocycles. The van der Waals surface area contributed by atoms with Crippen molar-refractivity contribution in [2.45, 2.75) is 32.7 Å². The minimum absolute atomic E-state index is 0.187. The summed E-state index contributed by atoms with van der Waals surface area (Å²) in [6.07, 6.45) is 0.298. The number of hydrogen-bond acceptors (Lipinski definition) is 10. The summed E-state index contributed by atoms with van der Waals surface area (Å²) in [4.78, 5) is 24.6. The molecule has 4 rings (SSSR count). The third-order valence-corrected chi connectivity index (χ3v) is 7.38. The minimum atomic E-state index is -1.19. The molecular weight excluding hydrogens is 667 g/mol. The van der Waals surface area contributed by atoms with E-state index in [2.05, 4.69) is 37.1 Å². The molecule has 2 atom stereocenters. The van der Waals surface area contributed by atoms with Gasteiger partial charge < -0.3 is 39.4 Å². The molecule has 3 aromatic rings. The molecule has 0 aliphatic carbocycles. The number of carbonyl (C=O) groups is 2. The summed E-state index contributed by atoms with van der Waals surface area (Å²) < 4.78 is 41.6. The second-order valence-corrected chi connectivity index (χ2v) is 10.7. The van der Waals surface area contributed by atoms with Crippen LogP contribution in [0.4, 0.5) is 9.18 Å². The van der Waals surface area contributed by atoms with E-state index in [0.29, 0.717) is 50.9 Å². The molecule has 4 N–H and O–H groups in total. The number of urea groups is 1. The number of carbonyl (C=O) groups excluding carboxylic acids is 2. The quantitative estimate of drug-likeness (QED) is 0.0813. The Balaban J connectivity index is 1.39. The molecule has 46 heavy (non-hydrogen) atoms. The van der Waals surface area contributed by atoms with Crippen LogP contribution in [0.2, 0.25) is 0 Å². The first-order valence-corrected chi connectivity index (χ1v) is 14.9.